The summed E-state index contributed by atoms with van der Waals surface area (Å²) in [6.45, 7) is 2.54. The first-order valence-electron chi connectivity index (χ1n) is 6.62. The van der Waals surface area contributed by atoms with Crippen molar-refractivity contribution in [3.8, 4) is 0 Å². The second-order valence-corrected chi connectivity index (χ2v) is 6.71. The Labute approximate surface area is 122 Å². The average molecular weight is 316 g/mol. The van der Waals surface area contributed by atoms with Crippen LogP contribution in [0.5, 0.6) is 0 Å². The van der Waals surface area contributed by atoms with Crippen LogP contribution in [0, 0.1) is 12.7 Å². The molecule has 1 fully saturated rings. The Morgan fingerprint density at radius 2 is 1.90 bits per heavy atom. The number of aromatic carboxylic acids is 1. The molecule has 1 heterocycles. The molecule has 0 spiro atoms. The summed E-state index contributed by atoms with van der Waals surface area (Å²) in [5.74, 6) is -2.41. The van der Waals surface area contributed by atoms with E-state index in [1.807, 2.05) is 0 Å². The van der Waals surface area contributed by atoms with Crippen LogP contribution in [0.25, 0.3) is 0 Å². The average Bonchev–Trinajstić information content (AvgIpc) is 2.41. The second kappa shape index (κ2) is 6.08. The Balaban J connectivity index is 2.33. The number of aryl methyl sites for hydroxylation is 1. The van der Waals surface area contributed by atoms with Crippen LogP contribution in [-0.4, -0.2) is 37.6 Å². The summed E-state index contributed by atoms with van der Waals surface area (Å²) < 4.78 is 38.2. The normalized spacial score (nSPS) is 16.9. The highest BCUT2D eigenvalue weighted by atomic mass is 32.2. The fourth-order valence-electron chi connectivity index (χ4n) is 2.26. The van der Waals surface area contributed by atoms with Gasteiger partial charge in [-0.1, -0.05) is 6.42 Å². The Morgan fingerprint density at radius 3 is 2.48 bits per heavy atom. The molecular weight excluding hydrogens is 299 g/mol. The van der Waals surface area contributed by atoms with Crippen molar-refractivity contribution in [1.82, 2.24) is 9.84 Å². The minimum Gasteiger partial charge on any atom is -0.478 e. The highest BCUT2D eigenvalue weighted by Crippen LogP contribution is 2.20. The van der Waals surface area contributed by atoms with Crippen molar-refractivity contribution in [3.63, 3.8) is 0 Å². The van der Waals surface area contributed by atoms with Crippen molar-refractivity contribution in [2.45, 2.75) is 31.1 Å². The Morgan fingerprint density at radius 1 is 1.29 bits per heavy atom. The molecule has 0 bridgehead atoms. The number of carboxylic acids is 1. The Bertz CT molecular complexity index is 654. The van der Waals surface area contributed by atoms with Crippen molar-refractivity contribution < 1.29 is 22.7 Å². The van der Waals surface area contributed by atoms with Crippen LogP contribution < -0.4 is 4.83 Å². The number of nitrogens with one attached hydrogen (secondary N) is 1. The predicted octanol–water partition coefficient (Wildman–Crippen LogP) is 1.51. The van der Waals surface area contributed by atoms with Gasteiger partial charge in [0.1, 0.15) is 5.82 Å². The van der Waals surface area contributed by atoms with Gasteiger partial charge in [0.2, 0.25) is 0 Å². The summed E-state index contributed by atoms with van der Waals surface area (Å²) in [6, 6.07) is 1.98. The molecule has 116 valence electrons. The van der Waals surface area contributed by atoms with Gasteiger partial charge in [-0.3, -0.25) is 0 Å². The van der Waals surface area contributed by atoms with Gasteiger partial charge in [-0.15, -0.1) is 4.83 Å². The summed E-state index contributed by atoms with van der Waals surface area (Å²) in [5.41, 5.74) is -0.664. The molecule has 1 aromatic carbocycles. The molecule has 6 nitrogen and oxygen atoms in total. The van der Waals surface area contributed by atoms with Crippen molar-refractivity contribution in [1.29, 1.82) is 0 Å². The number of carbonyl (C=O) groups is 1. The molecule has 2 N–H and O–H groups in total. The van der Waals surface area contributed by atoms with Crippen LogP contribution in [0.3, 0.4) is 0 Å². The van der Waals surface area contributed by atoms with Gasteiger partial charge in [-0.2, -0.15) is 0 Å². The van der Waals surface area contributed by atoms with Gasteiger partial charge in [-0.25, -0.2) is 22.6 Å². The van der Waals surface area contributed by atoms with E-state index in [0.29, 0.717) is 13.1 Å². The van der Waals surface area contributed by atoms with Crippen LogP contribution >= 0.6 is 0 Å². The fraction of sp³-hybridized carbons (Fsp3) is 0.462. The molecule has 0 amide bonds. The standard InChI is InChI=1S/C13H17FN2O4S/c1-9-7-10(8-11(12(9)14)13(17)18)21(19,20)15-16-5-3-2-4-6-16/h7-8,15H,2-6H2,1H3,(H,17,18). The van der Waals surface area contributed by atoms with Crippen LogP contribution in [0.2, 0.25) is 0 Å². The maximum Gasteiger partial charge on any atom is 0.338 e. The quantitative estimate of drug-likeness (QED) is 0.879. The molecule has 1 saturated heterocycles. The van der Waals surface area contributed by atoms with Crippen molar-refractivity contribution >= 4 is 16.0 Å². The number of hydrogen-bond donors (Lipinski definition) is 2. The molecule has 2 rings (SSSR count). The summed E-state index contributed by atoms with van der Waals surface area (Å²) in [7, 11) is -3.91. The van der Waals surface area contributed by atoms with E-state index in [4.69, 9.17) is 5.11 Å². The zero-order chi connectivity index (χ0) is 15.6. The minimum atomic E-state index is -3.91. The van der Waals surface area contributed by atoms with Gasteiger partial charge < -0.3 is 5.11 Å². The second-order valence-electron chi connectivity index (χ2n) is 5.05. The van der Waals surface area contributed by atoms with E-state index in [0.717, 1.165) is 31.4 Å². The third-order valence-electron chi connectivity index (χ3n) is 3.37. The lowest BCUT2D eigenvalue weighted by Crippen LogP contribution is -2.44. The van der Waals surface area contributed by atoms with Crippen molar-refractivity contribution in [3.05, 3.63) is 29.1 Å². The van der Waals surface area contributed by atoms with E-state index < -0.39 is 27.4 Å². The molecule has 0 unspecified atom stereocenters. The van der Waals surface area contributed by atoms with E-state index in [2.05, 4.69) is 4.83 Å². The minimum absolute atomic E-state index is 0.0195. The molecule has 1 aliphatic heterocycles. The maximum atomic E-state index is 13.7. The number of piperidine rings is 1. The van der Waals surface area contributed by atoms with E-state index in [1.165, 1.54) is 6.92 Å². The smallest absolute Gasteiger partial charge is 0.338 e. The predicted molar refractivity (Wildman–Crippen MR) is 73.8 cm³/mol. The lowest BCUT2D eigenvalue weighted by molar-refractivity contribution is 0.0691. The van der Waals surface area contributed by atoms with Crippen molar-refractivity contribution in [2.75, 3.05) is 13.1 Å². The number of halogens is 1. The van der Waals surface area contributed by atoms with Gasteiger partial charge in [0, 0.05) is 13.1 Å². The van der Waals surface area contributed by atoms with Crippen LogP contribution in [-0.2, 0) is 10.0 Å². The first-order valence-corrected chi connectivity index (χ1v) is 8.10. The van der Waals surface area contributed by atoms with Gasteiger partial charge >= 0.3 is 5.97 Å². The van der Waals surface area contributed by atoms with Gasteiger partial charge in [-0.05, 0) is 37.5 Å². The highest BCUT2D eigenvalue weighted by Gasteiger charge is 2.23. The summed E-state index contributed by atoms with van der Waals surface area (Å²) in [6.07, 6.45) is 2.84. The molecule has 0 radical (unpaired) electrons. The van der Waals surface area contributed by atoms with Crippen LogP contribution in [0.4, 0.5) is 4.39 Å². The molecule has 0 atom stereocenters. The van der Waals surface area contributed by atoms with Gasteiger partial charge in [0.15, 0.2) is 0 Å². The van der Waals surface area contributed by atoms with E-state index >= 15 is 0 Å². The lowest BCUT2D eigenvalue weighted by atomic mass is 10.1. The van der Waals surface area contributed by atoms with Crippen molar-refractivity contribution in [2.24, 2.45) is 0 Å². The molecular formula is C13H17FN2O4S. The fourth-order valence-corrected chi connectivity index (χ4v) is 3.49. The van der Waals surface area contributed by atoms with Gasteiger partial charge in [0.05, 0.1) is 10.5 Å². The van der Waals surface area contributed by atoms with E-state index in [9.17, 15) is 17.6 Å². The van der Waals surface area contributed by atoms with Crippen LogP contribution in [0.1, 0.15) is 35.2 Å². The third kappa shape index (κ3) is 3.58. The third-order valence-corrected chi connectivity index (χ3v) is 4.73. The zero-order valence-corrected chi connectivity index (χ0v) is 12.4. The molecule has 21 heavy (non-hydrogen) atoms. The Kier molecular flexibility index (Phi) is 4.60. The summed E-state index contributed by atoms with van der Waals surface area (Å²) in [4.78, 5) is 13.1. The maximum absolute atomic E-state index is 13.7. The highest BCUT2D eigenvalue weighted by molar-refractivity contribution is 7.89. The Hall–Kier alpha value is -1.51. The lowest BCUT2D eigenvalue weighted by Gasteiger charge is -2.26. The van der Waals surface area contributed by atoms with E-state index in [-0.39, 0.29) is 10.5 Å². The number of nitrogens with zero attached hydrogens (tertiary/aromatic N) is 1. The SMILES string of the molecule is Cc1cc(S(=O)(=O)NN2CCCCC2)cc(C(=O)O)c1F. The molecule has 0 saturated carbocycles. The molecule has 8 heteroatoms. The van der Waals surface area contributed by atoms with Gasteiger partial charge in [0.25, 0.3) is 10.0 Å². The number of rotatable bonds is 4. The summed E-state index contributed by atoms with van der Waals surface area (Å²) >= 11 is 0. The monoisotopic (exact) mass is 316 g/mol. The molecule has 0 aromatic heterocycles. The topological polar surface area (TPSA) is 86.7 Å². The number of sulfonamides is 1. The number of hydrogen-bond acceptors (Lipinski definition) is 4. The molecule has 0 aliphatic carbocycles. The van der Waals surface area contributed by atoms with E-state index in [1.54, 1.807) is 5.01 Å². The first kappa shape index (κ1) is 15.9. The molecule has 1 aliphatic rings. The summed E-state index contributed by atoms with van der Waals surface area (Å²) in [5, 5.41) is 10.5. The van der Waals surface area contributed by atoms with Crippen LogP contribution in [0.15, 0.2) is 17.0 Å². The first-order chi connectivity index (χ1) is 9.81. The number of benzene rings is 1. The largest absolute Gasteiger partial charge is 0.478 e. The zero-order valence-electron chi connectivity index (χ0n) is 11.6. The number of hydrazine groups is 1. The number of carboxylic acid groups (broad SMARTS) is 1. The molecule has 1 aromatic rings.